The number of methoxy groups -OCH3 is 2. The molecular formula is C20H28ClN5O3S. The highest BCUT2D eigenvalue weighted by atomic mass is 35.5. The van der Waals surface area contributed by atoms with Crippen LogP contribution in [0.15, 0.2) is 24.4 Å². The van der Waals surface area contributed by atoms with Crippen LogP contribution in [0.1, 0.15) is 30.4 Å². The third-order valence-electron chi connectivity index (χ3n) is 4.50. The summed E-state index contributed by atoms with van der Waals surface area (Å²) in [6.07, 6.45) is 1.83. The number of likely N-dealkylation sites (N-methyl/N-ethyl adjacent to an activating group) is 1. The second-order valence-corrected chi connectivity index (χ2v) is 8.16. The number of anilines is 1. The number of rotatable bonds is 8. The molecule has 1 aromatic carbocycles. The Morgan fingerprint density at radius 3 is 2.37 bits per heavy atom. The average molecular weight is 454 g/mol. The van der Waals surface area contributed by atoms with Crippen LogP contribution in [-0.2, 0) is 0 Å². The van der Waals surface area contributed by atoms with Gasteiger partial charge in [0.15, 0.2) is 10.8 Å². The Hall–Kier alpha value is -2.36. The molecule has 2 heterocycles. The molecule has 0 atom stereocenters. The second-order valence-electron chi connectivity index (χ2n) is 7.18. The number of thiazole rings is 1. The van der Waals surface area contributed by atoms with Crippen molar-refractivity contribution in [3.63, 3.8) is 0 Å². The molecule has 0 aliphatic heterocycles. The molecule has 0 saturated heterocycles. The van der Waals surface area contributed by atoms with Crippen molar-refractivity contribution in [1.82, 2.24) is 19.7 Å². The Bertz CT molecular complexity index is 961. The van der Waals surface area contributed by atoms with Gasteiger partial charge in [0.2, 0.25) is 0 Å². The zero-order valence-corrected chi connectivity index (χ0v) is 19.7. The average Bonchev–Trinajstić information content (AvgIpc) is 3.34. The third-order valence-corrected chi connectivity index (χ3v) is 5.60. The summed E-state index contributed by atoms with van der Waals surface area (Å²) < 4.78 is 13.6. The number of carbonyl (C=O) groups excluding carboxylic acids is 1. The molecule has 2 aromatic heterocycles. The first-order valence-corrected chi connectivity index (χ1v) is 10.2. The molecule has 0 saturated carbocycles. The van der Waals surface area contributed by atoms with Crippen LogP contribution in [0.25, 0.3) is 10.2 Å². The Labute approximate surface area is 186 Å². The van der Waals surface area contributed by atoms with Gasteiger partial charge < -0.3 is 14.4 Å². The highest BCUT2D eigenvalue weighted by Crippen LogP contribution is 2.40. The molecule has 0 unspecified atom stereocenters. The molecule has 3 aromatic rings. The maximum atomic E-state index is 13.3. The number of carbonyl (C=O) groups is 1. The molecule has 8 nitrogen and oxygen atoms in total. The Kier molecular flexibility index (Phi) is 8.05. The van der Waals surface area contributed by atoms with Crippen LogP contribution in [-0.4, -0.2) is 67.0 Å². The molecule has 1 amide bonds. The second kappa shape index (κ2) is 10.1. The first-order valence-electron chi connectivity index (χ1n) is 9.39. The highest BCUT2D eigenvalue weighted by molar-refractivity contribution is 7.22. The van der Waals surface area contributed by atoms with Crippen LogP contribution in [0.3, 0.4) is 0 Å². The molecule has 3 rings (SSSR count). The van der Waals surface area contributed by atoms with Crippen molar-refractivity contribution in [2.24, 2.45) is 0 Å². The lowest BCUT2D eigenvalue weighted by Gasteiger charge is -2.21. The monoisotopic (exact) mass is 453 g/mol. The van der Waals surface area contributed by atoms with E-state index in [-0.39, 0.29) is 24.4 Å². The summed E-state index contributed by atoms with van der Waals surface area (Å²) in [5.74, 6) is 1.17. The number of hydrogen-bond donors (Lipinski definition) is 0. The van der Waals surface area contributed by atoms with Crippen molar-refractivity contribution in [2.45, 2.75) is 19.9 Å². The van der Waals surface area contributed by atoms with Gasteiger partial charge in [-0.05, 0) is 46.1 Å². The number of hydrogen-bond acceptors (Lipinski definition) is 7. The van der Waals surface area contributed by atoms with Crippen LogP contribution in [0.5, 0.6) is 11.5 Å². The van der Waals surface area contributed by atoms with E-state index in [4.69, 9.17) is 14.5 Å². The molecule has 0 spiro atoms. The van der Waals surface area contributed by atoms with Crippen molar-refractivity contribution in [3.05, 3.63) is 30.1 Å². The summed E-state index contributed by atoms with van der Waals surface area (Å²) in [5.41, 5.74) is 1.08. The first kappa shape index (κ1) is 23.9. The Balaban J connectivity index is 0.00000320. The summed E-state index contributed by atoms with van der Waals surface area (Å²) in [6, 6.07) is 5.60. The maximum absolute atomic E-state index is 13.3. The van der Waals surface area contributed by atoms with Crippen LogP contribution in [0.2, 0.25) is 0 Å². The molecule has 0 radical (unpaired) electrons. The molecule has 10 heteroatoms. The summed E-state index contributed by atoms with van der Waals surface area (Å²) in [6.45, 7) is 5.24. The quantitative estimate of drug-likeness (QED) is 0.517. The van der Waals surface area contributed by atoms with Gasteiger partial charge in [-0.15, -0.1) is 12.4 Å². The minimum absolute atomic E-state index is 0. The maximum Gasteiger partial charge on any atom is 0.280 e. The van der Waals surface area contributed by atoms with E-state index < -0.39 is 0 Å². The summed E-state index contributed by atoms with van der Waals surface area (Å²) in [4.78, 5) is 21.7. The largest absolute Gasteiger partial charge is 0.495 e. The molecule has 0 fully saturated rings. The number of amides is 1. The number of aromatic nitrogens is 3. The molecule has 0 bridgehead atoms. The lowest BCUT2D eigenvalue weighted by Crippen LogP contribution is -2.37. The fourth-order valence-electron chi connectivity index (χ4n) is 2.85. The van der Waals surface area contributed by atoms with E-state index >= 15 is 0 Å². The van der Waals surface area contributed by atoms with Gasteiger partial charge in [0, 0.05) is 25.3 Å². The van der Waals surface area contributed by atoms with Crippen molar-refractivity contribution in [2.75, 3.05) is 46.3 Å². The fourth-order valence-corrected chi connectivity index (χ4v) is 3.95. The summed E-state index contributed by atoms with van der Waals surface area (Å²) >= 11 is 1.41. The number of ether oxygens (including phenoxy) is 2. The zero-order valence-electron chi connectivity index (χ0n) is 18.1. The molecule has 0 aliphatic carbocycles. The van der Waals surface area contributed by atoms with Crippen LogP contribution < -0.4 is 14.4 Å². The van der Waals surface area contributed by atoms with E-state index in [0.29, 0.717) is 40.9 Å². The first-order chi connectivity index (χ1) is 13.8. The molecule has 164 valence electrons. The fraction of sp³-hybridized carbons (Fsp3) is 0.450. The van der Waals surface area contributed by atoms with E-state index in [1.807, 2.05) is 51.2 Å². The van der Waals surface area contributed by atoms with Crippen molar-refractivity contribution >= 4 is 45.0 Å². The predicted molar refractivity (Wildman–Crippen MR) is 123 cm³/mol. The lowest BCUT2D eigenvalue weighted by molar-refractivity contribution is 0.0979. The normalized spacial score (nSPS) is 11.1. The SMILES string of the molecule is COc1ccc(OC)c2sc(N(CCN(C)C)C(=O)c3ccn(C(C)C)n3)nc12.Cl. The van der Waals surface area contributed by atoms with Gasteiger partial charge in [-0.2, -0.15) is 5.10 Å². The van der Waals surface area contributed by atoms with E-state index in [2.05, 4.69) is 5.10 Å². The lowest BCUT2D eigenvalue weighted by atomic mass is 10.3. The van der Waals surface area contributed by atoms with Crippen LogP contribution in [0, 0.1) is 0 Å². The number of nitrogens with zero attached hydrogens (tertiary/aromatic N) is 5. The van der Waals surface area contributed by atoms with E-state index in [0.717, 1.165) is 4.70 Å². The smallest absolute Gasteiger partial charge is 0.280 e. The molecular weight excluding hydrogens is 426 g/mol. The zero-order chi connectivity index (χ0) is 21.1. The van der Waals surface area contributed by atoms with E-state index in [9.17, 15) is 4.79 Å². The summed E-state index contributed by atoms with van der Waals surface area (Å²) in [5, 5.41) is 5.04. The van der Waals surface area contributed by atoms with Crippen molar-refractivity contribution in [3.8, 4) is 11.5 Å². The minimum Gasteiger partial charge on any atom is -0.495 e. The minimum atomic E-state index is -0.178. The van der Waals surface area contributed by atoms with Crippen LogP contribution in [0.4, 0.5) is 5.13 Å². The predicted octanol–water partition coefficient (Wildman–Crippen LogP) is 3.72. The number of benzene rings is 1. The van der Waals surface area contributed by atoms with Gasteiger partial charge in [-0.1, -0.05) is 11.3 Å². The van der Waals surface area contributed by atoms with Crippen molar-refractivity contribution in [1.29, 1.82) is 0 Å². The van der Waals surface area contributed by atoms with Gasteiger partial charge in [0.25, 0.3) is 5.91 Å². The van der Waals surface area contributed by atoms with Gasteiger partial charge in [-0.25, -0.2) is 4.98 Å². The van der Waals surface area contributed by atoms with Gasteiger partial charge >= 0.3 is 0 Å². The van der Waals surface area contributed by atoms with Crippen molar-refractivity contribution < 1.29 is 14.3 Å². The van der Waals surface area contributed by atoms with Gasteiger partial charge in [-0.3, -0.25) is 14.4 Å². The van der Waals surface area contributed by atoms with E-state index in [1.165, 1.54) is 11.3 Å². The summed E-state index contributed by atoms with van der Waals surface area (Å²) in [7, 11) is 7.17. The van der Waals surface area contributed by atoms with Crippen LogP contribution >= 0.6 is 23.7 Å². The third kappa shape index (κ3) is 4.85. The molecule has 0 N–H and O–H groups in total. The van der Waals surface area contributed by atoms with Gasteiger partial charge in [0.1, 0.15) is 21.7 Å². The molecule has 0 aliphatic rings. The topological polar surface area (TPSA) is 72.7 Å². The molecule has 30 heavy (non-hydrogen) atoms. The Morgan fingerprint density at radius 1 is 1.13 bits per heavy atom. The van der Waals surface area contributed by atoms with E-state index in [1.54, 1.807) is 29.9 Å². The number of fused-ring (bicyclic) bond motifs is 1. The van der Waals surface area contributed by atoms with Gasteiger partial charge in [0.05, 0.1) is 14.2 Å². The standard InChI is InChI=1S/C20H27N5O3S.ClH/c1-13(2)25-10-9-14(22-25)19(26)24(12-11-23(3)4)20-21-17-15(27-5)7-8-16(28-6)18(17)29-20;/h7-10,13H,11-12H2,1-6H3;1H. The highest BCUT2D eigenvalue weighted by Gasteiger charge is 2.25. The Morgan fingerprint density at radius 2 is 1.80 bits per heavy atom. The number of halogens is 1.